The topological polar surface area (TPSA) is 83.8 Å². The second-order valence-corrected chi connectivity index (χ2v) is 3.92. The van der Waals surface area contributed by atoms with Crippen LogP contribution in [0.15, 0.2) is 18.2 Å². The highest BCUT2D eigenvalue weighted by Gasteiger charge is 2.18. The molecule has 1 aromatic carbocycles. The summed E-state index contributed by atoms with van der Waals surface area (Å²) in [5.74, 6) is -0.898. The predicted octanol–water partition coefficient (Wildman–Crippen LogP) is 1.33. The summed E-state index contributed by atoms with van der Waals surface area (Å²) >= 11 is 0. The zero-order valence-corrected chi connectivity index (χ0v) is 10.3. The number of aliphatic hydroxyl groups excluding tert-OH is 1. The van der Waals surface area contributed by atoms with Crippen LogP contribution in [0, 0.1) is 0 Å². The standard InChI is InChI=1S/C13H16O5/c1-3-18-11-7-10(12(15)13(16)17)5-4-9(11)6-8(2)14/h4-5,7,12,15H,3,6H2,1-2H3,(H,16,17). The molecule has 0 fully saturated rings. The van der Waals surface area contributed by atoms with Crippen LogP contribution in [0.25, 0.3) is 0 Å². The van der Waals surface area contributed by atoms with E-state index < -0.39 is 12.1 Å². The zero-order valence-electron chi connectivity index (χ0n) is 10.3. The minimum Gasteiger partial charge on any atom is -0.494 e. The Morgan fingerprint density at radius 1 is 1.39 bits per heavy atom. The molecule has 0 amide bonds. The van der Waals surface area contributed by atoms with E-state index in [0.717, 1.165) is 0 Å². The van der Waals surface area contributed by atoms with Crippen molar-refractivity contribution in [2.45, 2.75) is 26.4 Å². The molecule has 18 heavy (non-hydrogen) atoms. The van der Waals surface area contributed by atoms with Crippen molar-refractivity contribution in [2.24, 2.45) is 0 Å². The molecule has 1 rings (SSSR count). The van der Waals surface area contributed by atoms with Gasteiger partial charge < -0.3 is 14.9 Å². The Morgan fingerprint density at radius 3 is 2.56 bits per heavy atom. The van der Waals surface area contributed by atoms with Gasteiger partial charge in [-0.2, -0.15) is 0 Å². The Labute approximate surface area is 105 Å². The molecule has 0 radical (unpaired) electrons. The SMILES string of the molecule is CCOc1cc(C(O)C(=O)O)ccc1CC(C)=O. The second-order valence-electron chi connectivity index (χ2n) is 3.92. The fraction of sp³-hybridized carbons (Fsp3) is 0.385. The normalized spacial score (nSPS) is 11.9. The van der Waals surface area contributed by atoms with Gasteiger partial charge in [0.1, 0.15) is 11.5 Å². The van der Waals surface area contributed by atoms with E-state index in [4.69, 9.17) is 9.84 Å². The van der Waals surface area contributed by atoms with Crippen molar-refractivity contribution >= 4 is 11.8 Å². The van der Waals surface area contributed by atoms with Gasteiger partial charge >= 0.3 is 5.97 Å². The molecule has 5 heteroatoms. The monoisotopic (exact) mass is 252 g/mol. The number of hydrogen-bond donors (Lipinski definition) is 2. The lowest BCUT2D eigenvalue weighted by Gasteiger charge is -2.13. The van der Waals surface area contributed by atoms with Crippen LogP contribution < -0.4 is 4.74 Å². The number of ketones is 1. The quantitative estimate of drug-likeness (QED) is 0.798. The molecule has 1 unspecified atom stereocenters. The lowest BCUT2D eigenvalue weighted by molar-refractivity contribution is -0.147. The third kappa shape index (κ3) is 3.56. The molecule has 0 heterocycles. The van der Waals surface area contributed by atoms with E-state index in [1.54, 1.807) is 13.0 Å². The number of ether oxygens (including phenoxy) is 1. The molecule has 1 aromatic rings. The fourth-order valence-electron chi connectivity index (χ4n) is 1.59. The number of hydrogen-bond acceptors (Lipinski definition) is 4. The summed E-state index contributed by atoms with van der Waals surface area (Å²) in [5.41, 5.74) is 0.920. The molecule has 98 valence electrons. The summed E-state index contributed by atoms with van der Waals surface area (Å²) in [6, 6.07) is 4.55. The number of carbonyl (C=O) groups is 2. The summed E-state index contributed by atoms with van der Waals surface area (Å²) in [7, 11) is 0. The molecule has 0 spiro atoms. The van der Waals surface area contributed by atoms with Crippen molar-refractivity contribution < 1.29 is 24.5 Å². The van der Waals surface area contributed by atoms with Crippen molar-refractivity contribution in [1.29, 1.82) is 0 Å². The molecular formula is C13H16O5. The molecule has 0 bridgehead atoms. The first-order valence-electron chi connectivity index (χ1n) is 5.61. The van der Waals surface area contributed by atoms with Crippen molar-refractivity contribution in [1.82, 2.24) is 0 Å². The van der Waals surface area contributed by atoms with Crippen LogP contribution in [-0.2, 0) is 16.0 Å². The second kappa shape index (κ2) is 6.16. The molecular weight excluding hydrogens is 236 g/mol. The molecule has 2 N–H and O–H groups in total. The van der Waals surface area contributed by atoms with Crippen LogP contribution in [0.5, 0.6) is 5.75 Å². The van der Waals surface area contributed by atoms with Gasteiger partial charge in [-0.3, -0.25) is 4.79 Å². The average Bonchev–Trinajstić information content (AvgIpc) is 2.30. The number of carbonyl (C=O) groups excluding carboxylic acids is 1. The Balaban J connectivity index is 3.09. The van der Waals surface area contributed by atoms with E-state index in [0.29, 0.717) is 17.9 Å². The van der Waals surface area contributed by atoms with Crippen LogP contribution in [0.1, 0.15) is 31.1 Å². The maximum absolute atomic E-state index is 11.1. The first kappa shape index (κ1) is 14.2. The van der Waals surface area contributed by atoms with Gasteiger partial charge in [-0.1, -0.05) is 12.1 Å². The van der Waals surface area contributed by atoms with E-state index in [-0.39, 0.29) is 17.8 Å². The highest BCUT2D eigenvalue weighted by molar-refractivity contribution is 5.79. The van der Waals surface area contributed by atoms with E-state index in [1.165, 1.54) is 19.1 Å². The fourth-order valence-corrected chi connectivity index (χ4v) is 1.59. The number of aliphatic hydroxyl groups is 1. The Bertz CT molecular complexity index is 453. The molecule has 0 aliphatic carbocycles. The lowest BCUT2D eigenvalue weighted by atomic mass is 10.0. The number of carboxylic acid groups (broad SMARTS) is 1. The third-order valence-corrected chi connectivity index (χ3v) is 2.38. The summed E-state index contributed by atoms with van der Waals surface area (Å²) in [6.07, 6.45) is -1.37. The minimum atomic E-state index is -1.59. The highest BCUT2D eigenvalue weighted by Crippen LogP contribution is 2.25. The van der Waals surface area contributed by atoms with Crippen molar-refractivity contribution in [3.05, 3.63) is 29.3 Å². The van der Waals surface area contributed by atoms with E-state index in [9.17, 15) is 14.7 Å². The predicted molar refractivity (Wildman–Crippen MR) is 64.6 cm³/mol. The van der Waals surface area contributed by atoms with Crippen LogP contribution >= 0.6 is 0 Å². The van der Waals surface area contributed by atoms with E-state index in [2.05, 4.69) is 0 Å². The first-order valence-corrected chi connectivity index (χ1v) is 5.61. The summed E-state index contributed by atoms with van der Waals surface area (Å²) < 4.78 is 5.35. The van der Waals surface area contributed by atoms with Gasteiger partial charge in [-0.05, 0) is 25.5 Å². The number of carboxylic acids is 1. The highest BCUT2D eigenvalue weighted by atomic mass is 16.5. The minimum absolute atomic E-state index is 0.0116. The van der Waals surface area contributed by atoms with Crippen molar-refractivity contribution in [3.8, 4) is 5.75 Å². The number of aliphatic carboxylic acids is 1. The van der Waals surface area contributed by atoms with Crippen LogP contribution in [0.3, 0.4) is 0 Å². The molecule has 5 nitrogen and oxygen atoms in total. The molecule has 0 saturated carbocycles. The molecule has 1 atom stereocenters. The summed E-state index contributed by atoms with van der Waals surface area (Å²) in [4.78, 5) is 21.8. The largest absolute Gasteiger partial charge is 0.494 e. The molecule has 0 aromatic heterocycles. The van der Waals surface area contributed by atoms with Gasteiger partial charge in [0.25, 0.3) is 0 Å². The van der Waals surface area contributed by atoms with Gasteiger partial charge in [-0.15, -0.1) is 0 Å². The van der Waals surface area contributed by atoms with Gasteiger partial charge in [0.05, 0.1) is 6.61 Å². The Hall–Kier alpha value is -1.88. The van der Waals surface area contributed by atoms with E-state index >= 15 is 0 Å². The Morgan fingerprint density at radius 2 is 2.06 bits per heavy atom. The van der Waals surface area contributed by atoms with Gasteiger partial charge in [-0.25, -0.2) is 4.79 Å². The average molecular weight is 252 g/mol. The van der Waals surface area contributed by atoms with Gasteiger partial charge in [0.15, 0.2) is 6.10 Å². The van der Waals surface area contributed by atoms with E-state index in [1.807, 2.05) is 0 Å². The molecule has 0 aliphatic rings. The number of benzene rings is 1. The van der Waals surface area contributed by atoms with Crippen molar-refractivity contribution in [2.75, 3.05) is 6.61 Å². The van der Waals surface area contributed by atoms with Gasteiger partial charge in [0, 0.05) is 12.0 Å². The number of rotatable bonds is 6. The lowest BCUT2D eigenvalue weighted by Crippen LogP contribution is -2.11. The third-order valence-electron chi connectivity index (χ3n) is 2.38. The first-order chi connectivity index (χ1) is 8.45. The zero-order chi connectivity index (χ0) is 13.7. The van der Waals surface area contributed by atoms with Crippen molar-refractivity contribution in [3.63, 3.8) is 0 Å². The summed E-state index contributed by atoms with van der Waals surface area (Å²) in [6.45, 7) is 3.66. The molecule has 0 aliphatic heterocycles. The molecule has 0 saturated heterocycles. The maximum atomic E-state index is 11.1. The van der Waals surface area contributed by atoms with Crippen LogP contribution in [0.4, 0.5) is 0 Å². The van der Waals surface area contributed by atoms with Gasteiger partial charge in [0.2, 0.25) is 0 Å². The Kier molecular flexibility index (Phi) is 4.85. The van der Waals surface area contributed by atoms with Crippen LogP contribution in [0.2, 0.25) is 0 Å². The number of Topliss-reactive ketones (excluding diaryl/α,β-unsaturated/α-hetero) is 1. The van der Waals surface area contributed by atoms with Crippen LogP contribution in [-0.4, -0.2) is 28.6 Å². The smallest absolute Gasteiger partial charge is 0.337 e. The summed E-state index contributed by atoms with van der Waals surface area (Å²) in [5, 5.41) is 18.2. The maximum Gasteiger partial charge on any atom is 0.337 e.